The Kier molecular flexibility index (Phi) is 5.07. The van der Waals surface area contributed by atoms with Gasteiger partial charge in [0.15, 0.2) is 11.6 Å². The van der Waals surface area contributed by atoms with E-state index < -0.39 is 11.6 Å². The smallest absolute Gasteiger partial charge is 0.159 e. The summed E-state index contributed by atoms with van der Waals surface area (Å²) in [6.45, 7) is 7.01. The lowest BCUT2D eigenvalue weighted by atomic mass is 9.94. The van der Waals surface area contributed by atoms with Crippen LogP contribution in [-0.4, -0.2) is 6.54 Å². The largest absolute Gasteiger partial charge is 0.310 e. The molecule has 0 spiro atoms. The minimum atomic E-state index is -0.801. The van der Waals surface area contributed by atoms with Crippen molar-refractivity contribution in [2.24, 2.45) is 0 Å². The first-order valence-corrected chi connectivity index (χ1v) is 7.25. The zero-order chi connectivity index (χ0) is 15.4. The Morgan fingerprint density at radius 2 is 1.76 bits per heavy atom. The molecule has 0 aromatic heterocycles. The highest BCUT2D eigenvalue weighted by molar-refractivity contribution is 5.34. The molecule has 112 valence electrons. The van der Waals surface area contributed by atoms with Gasteiger partial charge in [-0.2, -0.15) is 0 Å². The van der Waals surface area contributed by atoms with Crippen molar-refractivity contribution < 1.29 is 8.78 Å². The SMILES string of the molecule is CCNC(Cc1ccc(F)c(F)c1)c1ccc(C)cc1C. The van der Waals surface area contributed by atoms with Crippen molar-refractivity contribution in [2.75, 3.05) is 6.54 Å². The molecule has 2 aromatic rings. The predicted octanol–water partition coefficient (Wildman–Crippen LogP) is 4.47. The van der Waals surface area contributed by atoms with E-state index in [1.54, 1.807) is 6.07 Å². The van der Waals surface area contributed by atoms with Gasteiger partial charge in [0.1, 0.15) is 0 Å². The molecule has 2 aromatic carbocycles. The van der Waals surface area contributed by atoms with Crippen molar-refractivity contribution in [1.82, 2.24) is 5.32 Å². The molecular formula is C18H21F2N. The maximum absolute atomic E-state index is 13.4. The van der Waals surface area contributed by atoms with Crippen molar-refractivity contribution in [1.29, 1.82) is 0 Å². The molecule has 1 nitrogen and oxygen atoms in total. The Hall–Kier alpha value is -1.74. The lowest BCUT2D eigenvalue weighted by Gasteiger charge is -2.21. The Morgan fingerprint density at radius 3 is 2.38 bits per heavy atom. The van der Waals surface area contributed by atoms with E-state index in [4.69, 9.17) is 0 Å². The van der Waals surface area contributed by atoms with E-state index in [1.165, 1.54) is 28.8 Å². The molecule has 1 N–H and O–H groups in total. The van der Waals surface area contributed by atoms with Crippen LogP contribution in [0.2, 0.25) is 0 Å². The van der Waals surface area contributed by atoms with E-state index in [1.807, 2.05) is 6.92 Å². The van der Waals surface area contributed by atoms with Gasteiger partial charge in [0.25, 0.3) is 0 Å². The summed E-state index contributed by atoms with van der Waals surface area (Å²) in [5.74, 6) is -1.59. The first-order chi connectivity index (χ1) is 10.0. The van der Waals surface area contributed by atoms with Crippen LogP contribution in [0.5, 0.6) is 0 Å². The summed E-state index contributed by atoms with van der Waals surface area (Å²) in [5, 5.41) is 3.43. The highest BCUT2D eigenvalue weighted by Gasteiger charge is 2.14. The topological polar surface area (TPSA) is 12.0 Å². The van der Waals surface area contributed by atoms with Crippen molar-refractivity contribution in [3.05, 3.63) is 70.3 Å². The maximum Gasteiger partial charge on any atom is 0.159 e. The minimum absolute atomic E-state index is 0.0976. The molecule has 2 rings (SSSR count). The molecule has 0 saturated heterocycles. The standard InChI is InChI=1S/C18H21F2N/c1-4-21-18(15-7-5-12(2)9-13(15)3)11-14-6-8-16(19)17(20)10-14/h5-10,18,21H,4,11H2,1-3H3. The van der Waals surface area contributed by atoms with Crippen LogP contribution in [0.3, 0.4) is 0 Å². The lowest BCUT2D eigenvalue weighted by molar-refractivity contribution is 0.502. The summed E-state index contributed by atoms with van der Waals surface area (Å²) in [4.78, 5) is 0. The first kappa shape index (κ1) is 15.6. The van der Waals surface area contributed by atoms with E-state index in [-0.39, 0.29) is 6.04 Å². The number of nitrogens with one attached hydrogen (secondary N) is 1. The molecular weight excluding hydrogens is 268 g/mol. The maximum atomic E-state index is 13.4. The van der Waals surface area contributed by atoms with Crippen LogP contribution >= 0.6 is 0 Å². The van der Waals surface area contributed by atoms with Gasteiger partial charge in [0.05, 0.1) is 0 Å². The zero-order valence-electron chi connectivity index (χ0n) is 12.7. The molecule has 0 aliphatic carbocycles. The molecule has 0 aliphatic rings. The van der Waals surface area contributed by atoms with Gasteiger partial charge >= 0.3 is 0 Å². The van der Waals surface area contributed by atoms with Gasteiger partial charge in [0, 0.05) is 6.04 Å². The van der Waals surface area contributed by atoms with Gasteiger partial charge in [-0.05, 0) is 55.6 Å². The van der Waals surface area contributed by atoms with Gasteiger partial charge in [-0.25, -0.2) is 8.78 Å². The Morgan fingerprint density at radius 1 is 1.00 bits per heavy atom. The molecule has 0 bridgehead atoms. The van der Waals surface area contributed by atoms with Crippen molar-refractivity contribution in [2.45, 2.75) is 33.2 Å². The van der Waals surface area contributed by atoms with Gasteiger partial charge in [-0.15, -0.1) is 0 Å². The molecule has 0 fully saturated rings. The molecule has 3 heteroatoms. The van der Waals surface area contributed by atoms with Crippen molar-refractivity contribution in [3.8, 4) is 0 Å². The Labute approximate surface area is 125 Å². The highest BCUT2D eigenvalue weighted by atomic mass is 19.2. The summed E-state index contributed by atoms with van der Waals surface area (Å²) in [6.07, 6.45) is 0.634. The molecule has 0 saturated carbocycles. The van der Waals surface area contributed by atoms with Gasteiger partial charge in [-0.3, -0.25) is 0 Å². The van der Waals surface area contributed by atoms with Crippen LogP contribution in [0, 0.1) is 25.5 Å². The van der Waals surface area contributed by atoms with Crippen LogP contribution in [-0.2, 0) is 6.42 Å². The second-order valence-corrected chi connectivity index (χ2v) is 5.42. The summed E-state index contributed by atoms with van der Waals surface area (Å²) in [7, 11) is 0. The third-order valence-corrected chi connectivity index (χ3v) is 3.68. The van der Waals surface area contributed by atoms with Crippen molar-refractivity contribution in [3.63, 3.8) is 0 Å². The average Bonchev–Trinajstić information content (AvgIpc) is 2.42. The average molecular weight is 289 g/mol. The molecule has 21 heavy (non-hydrogen) atoms. The molecule has 0 radical (unpaired) electrons. The van der Waals surface area contributed by atoms with Crippen LogP contribution in [0.15, 0.2) is 36.4 Å². The van der Waals surface area contributed by atoms with Crippen LogP contribution in [0.1, 0.15) is 35.2 Å². The summed E-state index contributed by atoms with van der Waals surface area (Å²) in [5.41, 5.74) is 4.43. The monoisotopic (exact) mass is 289 g/mol. The van der Waals surface area contributed by atoms with E-state index in [2.05, 4.69) is 37.4 Å². The summed E-state index contributed by atoms with van der Waals surface area (Å²) < 4.78 is 26.4. The van der Waals surface area contributed by atoms with Crippen molar-refractivity contribution >= 4 is 0 Å². The van der Waals surface area contributed by atoms with Gasteiger partial charge in [-0.1, -0.05) is 36.8 Å². The molecule has 1 unspecified atom stereocenters. The number of aryl methyl sites for hydroxylation is 2. The fourth-order valence-corrected chi connectivity index (χ4v) is 2.66. The summed E-state index contributed by atoms with van der Waals surface area (Å²) in [6, 6.07) is 10.5. The van der Waals surface area contributed by atoms with Crippen LogP contribution in [0.25, 0.3) is 0 Å². The highest BCUT2D eigenvalue weighted by Crippen LogP contribution is 2.23. The molecule has 1 atom stereocenters. The van der Waals surface area contributed by atoms with Crippen LogP contribution < -0.4 is 5.32 Å². The van der Waals surface area contributed by atoms with E-state index in [0.29, 0.717) is 6.42 Å². The number of hydrogen-bond acceptors (Lipinski definition) is 1. The Bertz CT molecular complexity index is 623. The van der Waals surface area contributed by atoms with Crippen LogP contribution in [0.4, 0.5) is 8.78 Å². The first-order valence-electron chi connectivity index (χ1n) is 7.25. The third-order valence-electron chi connectivity index (χ3n) is 3.68. The molecule has 0 amide bonds. The number of likely N-dealkylation sites (N-methyl/N-ethyl adjacent to an activating group) is 1. The zero-order valence-corrected chi connectivity index (χ0v) is 12.7. The number of rotatable bonds is 5. The Balaban J connectivity index is 2.28. The fraction of sp³-hybridized carbons (Fsp3) is 0.333. The summed E-state index contributed by atoms with van der Waals surface area (Å²) >= 11 is 0. The third kappa shape index (κ3) is 3.88. The minimum Gasteiger partial charge on any atom is -0.310 e. The fourth-order valence-electron chi connectivity index (χ4n) is 2.66. The second kappa shape index (κ2) is 6.81. The van der Waals surface area contributed by atoms with E-state index in [9.17, 15) is 8.78 Å². The number of hydrogen-bond donors (Lipinski definition) is 1. The predicted molar refractivity (Wildman–Crippen MR) is 82.4 cm³/mol. The van der Waals surface area contributed by atoms with E-state index in [0.717, 1.165) is 12.1 Å². The van der Waals surface area contributed by atoms with E-state index >= 15 is 0 Å². The quantitative estimate of drug-likeness (QED) is 0.856. The normalized spacial score (nSPS) is 12.4. The molecule has 0 heterocycles. The number of halogens is 2. The van der Waals surface area contributed by atoms with Gasteiger partial charge < -0.3 is 5.32 Å². The molecule has 0 aliphatic heterocycles. The number of benzene rings is 2. The second-order valence-electron chi connectivity index (χ2n) is 5.42. The van der Waals surface area contributed by atoms with Gasteiger partial charge in [0.2, 0.25) is 0 Å². The lowest BCUT2D eigenvalue weighted by Crippen LogP contribution is -2.23.